The average molecular weight is 893 g/mol. The molecule has 11 atom stereocenters. The standard InChI is InChI=1S/C47H88O15/c1-33(2)25-21-17-13-9-5-7-11-15-19-23-27-38(49)57-30-35(60-39(50)28-24-20-16-12-8-6-10-14-18-22-26-34(3)4)31-58-46-45(56)43(54)41(52)37(62-46)32-59-47-44(55)42(53)40(51)36(29-48)61-47/h33-37,40-48,51-56H,5-32H2,1-4H3/t35?,36-,37-,40-,41-,42+,43+,44-,45-,46-,47-/m1/s1. The highest BCUT2D eigenvalue weighted by Crippen LogP contribution is 2.26. The number of unbranched alkanes of at least 4 members (excludes halogenated alkanes) is 18. The predicted octanol–water partition coefficient (Wildman–Crippen LogP) is 5.76. The van der Waals surface area contributed by atoms with Crippen LogP contribution in [0.4, 0.5) is 0 Å². The van der Waals surface area contributed by atoms with Crippen LogP contribution in [0.3, 0.4) is 0 Å². The number of aliphatic hydroxyl groups excluding tert-OH is 7. The first-order valence-corrected chi connectivity index (χ1v) is 24.3. The van der Waals surface area contributed by atoms with E-state index < -0.39 is 92.7 Å². The number of aliphatic hydroxyl groups is 7. The second-order valence-electron chi connectivity index (χ2n) is 18.6. The van der Waals surface area contributed by atoms with E-state index in [1.54, 1.807) is 0 Å². The summed E-state index contributed by atoms with van der Waals surface area (Å²) in [5.41, 5.74) is 0. The van der Waals surface area contributed by atoms with Gasteiger partial charge in [0.1, 0.15) is 55.4 Å². The van der Waals surface area contributed by atoms with Gasteiger partial charge in [0.2, 0.25) is 0 Å². The second-order valence-corrected chi connectivity index (χ2v) is 18.6. The molecular weight excluding hydrogens is 805 g/mol. The zero-order valence-electron chi connectivity index (χ0n) is 38.7. The summed E-state index contributed by atoms with van der Waals surface area (Å²) in [4.78, 5) is 25.7. The van der Waals surface area contributed by atoms with Crippen molar-refractivity contribution in [2.45, 2.75) is 249 Å². The third-order valence-electron chi connectivity index (χ3n) is 11.9. The van der Waals surface area contributed by atoms with E-state index in [1.807, 2.05) is 0 Å². The summed E-state index contributed by atoms with van der Waals surface area (Å²) in [6.07, 6.45) is 8.74. The molecule has 0 aromatic carbocycles. The summed E-state index contributed by atoms with van der Waals surface area (Å²) >= 11 is 0. The van der Waals surface area contributed by atoms with Crippen LogP contribution in [0.2, 0.25) is 0 Å². The highest BCUT2D eigenvalue weighted by atomic mass is 16.7. The third-order valence-corrected chi connectivity index (χ3v) is 11.9. The van der Waals surface area contributed by atoms with E-state index in [2.05, 4.69) is 27.7 Å². The summed E-state index contributed by atoms with van der Waals surface area (Å²) in [5.74, 6) is 0.621. The highest BCUT2D eigenvalue weighted by Gasteiger charge is 2.47. The normalized spacial score (nSPS) is 27.2. The van der Waals surface area contributed by atoms with Crippen LogP contribution in [0.5, 0.6) is 0 Å². The molecule has 62 heavy (non-hydrogen) atoms. The van der Waals surface area contributed by atoms with Crippen molar-refractivity contribution >= 4 is 11.9 Å². The number of esters is 2. The fraction of sp³-hybridized carbons (Fsp3) is 0.957. The Labute approximate surface area is 372 Å². The van der Waals surface area contributed by atoms with Gasteiger partial charge in [-0.3, -0.25) is 9.59 Å². The summed E-state index contributed by atoms with van der Waals surface area (Å²) in [7, 11) is 0. The Bertz CT molecular complexity index is 1130. The molecule has 0 aliphatic carbocycles. The van der Waals surface area contributed by atoms with E-state index in [0.29, 0.717) is 12.8 Å². The number of hydrogen-bond acceptors (Lipinski definition) is 15. The average Bonchev–Trinajstić information content (AvgIpc) is 3.24. The van der Waals surface area contributed by atoms with Crippen LogP contribution in [-0.4, -0.2) is 142 Å². The Balaban J connectivity index is 1.83. The van der Waals surface area contributed by atoms with Gasteiger partial charge in [-0.2, -0.15) is 0 Å². The molecule has 15 heteroatoms. The monoisotopic (exact) mass is 893 g/mol. The van der Waals surface area contributed by atoms with Gasteiger partial charge < -0.3 is 64.2 Å². The number of rotatable bonds is 36. The first-order valence-electron chi connectivity index (χ1n) is 24.3. The summed E-state index contributed by atoms with van der Waals surface area (Å²) in [6.45, 7) is 7.19. The molecule has 0 saturated carbocycles. The van der Waals surface area contributed by atoms with Crippen molar-refractivity contribution in [2.75, 3.05) is 26.4 Å². The smallest absolute Gasteiger partial charge is 0.306 e. The summed E-state index contributed by atoms with van der Waals surface area (Å²) in [6, 6.07) is 0. The van der Waals surface area contributed by atoms with Crippen LogP contribution in [0.25, 0.3) is 0 Å². The van der Waals surface area contributed by atoms with Gasteiger partial charge in [-0.25, -0.2) is 0 Å². The Morgan fingerprint density at radius 2 is 0.855 bits per heavy atom. The van der Waals surface area contributed by atoms with Crippen molar-refractivity contribution in [3.63, 3.8) is 0 Å². The van der Waals surface area contributed by atoms with E-state index in [-0.39, 0.29) is 26.1 Å². The molecule has 0 bridgehead atoms. The van der Waals surface area contributed by atoms with E-state index in [9.17, 15) is 45.3 Å². The van der Waals surface area contributed by atoms with Gasteiger partial charge in [-0.05, 0) is 24.7 Å². The maximum atomic E-state index is 13.0. The second kappa shape index (κ2) is 33.9. The van der Waals surface area contributed by atoms with E-state index in [1.165, 1.54) is 89.9 Å². The van der Waals surface area contributed by atoms with Gasteiger partial charge in [0.05, 0.1) is 19.8 Å². The van der Waals surface area contributed by atoms with Gasteiger partial charge in [-0.1, -0.05) is 156 Å². The molecule has 7 N–H and O–H groups in total. The van der Waals surface area contributed by atoms with Crippen molar-refractivity contribution in [3.05, 3.63) is 0 Å². The minimum atomic E-state index is -1.76. The lowest BCUT2D eigenvalue weighted by molar-refractivity contribution is -0.332. The first kappa shape index (κ1) is 56.6. The van der Waals surface area contributed by atoms with E-state index in [0.717, 1.165) is 50.4 Å². The minimum absolute atomic E-state index is 0.170. The zero-order valence-corrected chi connectivity index (χ0v) is 38.7. The lowest BCUT2D eigenvalue weighted by atomic mass is 9.98. The van der Waals surface area contributed by atoms with Crippen LogP contribution in [0, 0.1) is 11.8 Å². The minimum Gasteiger partial charge on any atom is -0.462 e. The van der Waals surface area contributed by atoms with E-state index in [4.69, 9.17) is 28.4 Å². The van der Waals surface area contributed by atoms with Crippen molar-refractivity contribution in [1.82, 2.24) is 0 Å². The molecule has 2 aliphatic rings. The number of hydrogen-bond donors (Lipinski definition) is 7. The molecule has 15 nitrogen and oxygen atoms in total. The first-order chi connectivity index (χ1) is 29.7. The lowest BCUT2D eigenvalue weighted by Gasteiger charge is -2.42. The quantitative estimate of drug-likeness (QED) is 0.0293. The Morgan fingerprint density at radius 3 is 1.31 bits per heavy atom. The molecule has 2 saturated heterocycles. The third kappa shape index (κ3) is 24.1. The molecule has 0 aromatic rings. The fourth-order valence-corrected chi connectivity index (χ4v) is 7.88. The molecule has 2 rings (SSSR count). The summed E-state index contributed by atoms with van der Waals surface area (Å²) < 4.78 is 33.5. The van der Waals surface area contributed by atoms with Gasteiger partial charge >= 0.3 is 11.9 Å². The maximum absolute atomic E-state index is 13.0. The Kier molecular flexibility index (Phi) is 31.0. The van der Waals surface area contributed by atoms with Crippen LogP contribution in [0.15, 0.2) is 0 Å². The SMILES string of the molecule is CC(C)CCCCCCCCCCCCC(=O)OCC(CO[C@@H]1O[C@H](CO[C@@H]2O[C@H](CO)[C@@H](O)[C@H](O)[C@H]2O)[C@@H](O)[C@H](O)[C@H]1O)OC(=O)CCCCCCCCCCCCC(C)C. The molecule has 1 unspecified atom stereocenters. The molecule has 0 aromatic heterocycles. The number of carbonyl (C=O) groups is 2. The van der Waals surface area contributed by atoms with Crippen LogP contribution in [-0.2, 0) is 38.0 Å². The van der Waals surface area contributed by atoms with Gasteiger partial charge in [0.15, 0.2) is 18.7 Å². The fourth-order valence-electron chi connectivity index (χ4n) is 7.88. The summed E-state index contributed by atoms with van der Waals surface area (Å²) in [5, 5.41) is 71.9. The van der Waals surface area contributed by atoms with Gasteiger partial charge in [-0.15, -0.1) is 0 Å². The van der Waals surface area contributed by atoms with Gasteiger partial charge in [0, 0.05) is 12.8 Å². The van der Waals surface area contributed by atoms with Crippen LogP contribution in [0.1, 0.15) is 182 Å². The largest absolute Gasteiger partial charge is 0.462 e. The van der Waals surface area contributed by atoms with E-state index >= 15 is 0 Å². The Morgan fingerprint density at radius 1 is 0.468 bits per heavy atom. The molecule has 2 fully saturated rings. The van der Waals surface area contributed by atoms with Crippen molar-refractivity contribution in [1.29, 1.82) is 0 Å². The van der Waals surface area contributed by atoms with Gasteiger partial charge in [0.25, 0.3) is 0 Å². The predicted molar refractivity (Wildman–Crippen MR) is 234 cm³/mol. The number of carbonyl (C=O) groups excluding carboxylic acids is 2. The van der Waals surface area contributed by atoms with Crippen LogP contribution < -0.4 is 0 Å². The Hall–Kier alpha value is -1.50. The maximum Gasteiger partial charge on any atom is 0.306 e. The molecule has 0 amide bonds. The highest BCUT2D eigenvalue weighted by molar-refractivity contribution is 5.70. The molecule has 0 spiro atoms. The van der Waals surface area contributed by atoms with Crippen LogP contribution >= 0.6 is 0 Å². The zero-order chi connectivity index (χ0) is 45.7. The molecule has 2 heterocycles. The molecule has 0 radical (unpaired) electrons. The van der Waals surface area contributed by atoms with Crippen molar-refractivity contribution < 1.29 is 73.8 Å². The van der Waals surface area contributed by atoms with Crippen molar-refractivity contribution in [3.8, 4) is 0 Å². The van der Waals surface area contributed by atoms with Crippen molar-refractivity contribution in [2.24, 2.45) is 11.8 Å². The topological polar surface area (TPSA) is 231 Å². The molecule has 2 aliphatic heterocycles. The number of ether oxygens (including phenoxy) is 6. The molecule has 366 valence electrons. The molecular formula is C47H88O15. The lowest BCUT2D eigenvalue weighted by Crippen LogP contribution is -2.61.